The number of sulfonamides is 1. The van der Waals surface area contributed by atoms with E-state index >= 15 is 0 Å². The van der Waals surface area contributed by atoms with Gasteiger partial charge in [-0.25, -0.2) is 8.42 Å². The van der Waals surface area contributed by atoms with E-state index in [1.165, 1.54) is 4.31 Å². The van der Waals surface area contributed by atoms with Crippen molar-refractivity contribution in [2.75, 3.05) is 13.1 Å². The lowest BCUT2D eigenvalue weighted by atomic mass is 10.3. The van der Waals surface area contributed by atoms with Gasteiger partial charge in [0.25, 0.3) is 10.0 Å². The van der Waals surface area contributed by atoms with Crippen LogP contribution in [0.3, 0.4) is 0 Å². The molecule has 0 aromatic carbocycles. The fourth-order valence-electron chi connectivity index (χ4n) is 1.57. The molecule has 1 N–H and O–H groups in total. The molecule has 0 unspecified atom stereocenters. The van der Waals surface area contributed by atoms with E-state index in [1.54, 1.807) is 26.8 Å². The second kappa shape index (κ2) is 5.97. The summed E-state index contributed by atoms with van der Waals surface area (Å²) < 4.78 is 26.5. The summed E-state index contributed by atoms with van der Waals surface area (Å²) >= 11 is 1.13. The van der Waals surface area contributed by atoms with E-state index in [0.29, 0.717) is 18.0 Å². The molecule has 0 atom stereocenters. The van der Waals surface area contributed by atoms with Crippen LogP contribution < -0.4 is 0 Å². The van der Waals surface area contributed by atoms with Gasteiger partial charge in [-0.2, -0.15) is 4.31 Å². The van der Waals surface area contributed by atoms with Gasteiger partial charge in [0.05, 0.1) is 6.61 Å². The fourth-order valence-corrected chi connectivity index (χ4v) is 4.68. The standard InChI is InChI=1S/C12H19NO3S2/c1-5-13(7-9(2)3)18(15,16)12-6-10(4)11(8-14)17-12/h6,14H,2,5,7-8H2,1,3-4H3. The number of rotatable bonds is 6. The summed E-state index contributed by atoms with van der Waals surface area (Å²) in [6.45, 7) is 9.75. The van der Waals surface area contributed by atoms with E-state index in [-0.39, 0.29) is 10.8 Å². The molecule has 0 fully saturated rings. The summed E-state index contributed by atoms with van der Waals surface area (Å²) in [5, 5.41) is 9.13. The van der Waals surface area contributed by atoms with Gasteiger partial charge in [-0.3, -0.25) is 0 Å². The molecule has 18 heavy (non-hydrogen) atoms. The van der Waals surface area contributed by atoms with Crippen molar-refractivity contribution in [3.63, 3.8) is 0 Å². The maximum atomic E-state index is 12.4. The summed E-state index contributed by atoms with van der Waals surface area (Å²) in [4.78, 5) is 0.694. The van der Waals surface area contributed by atoms with Crippen LogP contribution in [-0.4, -0.2) is 30.9 Å². The molecule has 1 heterocycles. The molecule has 0 amide bonds. The lowest BCUT2D eigenvalue weighted by Crippen LogP contribution is -2.31. The summed E-state index contributed by atoms with van der Waals surface area (Å²) in [5.74, 6) is 0. The summed E-state index contributed by atoms with van der Waals surface area (Å²) in [5.41, 5.74) is 1.61. The molecular weight excluding hydrogens is 270 g/mol. The van der Waals surface area contributed by atoms with E-state index in [2.05, 4.69) is 6.58 Å². The van der Waals surface area contributed by atoms with Crippen molar-refractivity contribution in [1.82, 2.24) is 4.31 Å². The maximum absolute atomic E-state index is 12.4. The van der Waals surface area contributed by atoms with Crippen LogP contribution in [0.1, 0.15) is 24.3 Å². The van der Waals surface area contributed by atoms with Crippen molar-refractivity contribution >= 4 is 21.4 Å². The second-order valence-electron chi connectivity index (χ2n) is 4.22. The first kappa shape index (κ1) is 15.4. The zero-order valence-electron chi connectivity index (χ0n) is 10.9. The van der Waals surface area contributed by atoms with E-state index in [4.69, 9.17) is 5.11 Å². The summed E-state index contributed by atoms with van der Waals surface area (Å²) in [7, 11) is -3.48. The van der Waals surface area contributed by atoms with Crippen LogP contribution in [0, 0.1) is 6.92 Å². The molecule has 0 bridgehead atoms. The number of nitrogens with zero attached hydrogens (tertiary/aromatic N) is 1. The topological polar surface area (TPSA) is 57.6 Å². The van der Waals surface area contributed by atoms with Crippen LogP contribution in [0.4, 0.5) is 0 Å². The average Bonchev–Trinajstić information content (AvgIpc) is 2.67. The van der Waals surface area contributed by atoms with Gasteiger partial charge in [0.1, 0.15) is 4.21 Å². The van der Waals surface area contributed by atoms with E-state index in [0.717, 1.165) is 22.5 Å². The number of aryl methyl sites for hydroxylation is 1. The Balaban J connectivity index is 3.14. The molecule has 0 aliphatic carbocycles. The Bertz CT molecular complexity index is 532. The van der Waals surface area contributed by atoms with Gasteiger partial charge >= 0.3 is 0 Å². The second-order valence-corrected chi connectivity index (χ2v) is 7.52. The molecule has 4 nitrogen and oxygen atoms in total. The van der Waals surface area contributed by atoms with Crippen molar-refractivity contribution < 1.29 is 13.5 Å². The monoisotopic (exact) mass is 289 g/mol. The minimum Gasteiger partial charge on any atom is -0.391 e. The van der Waals surface area contributed by atoms with E-state index in [9.17, 15) is 8.42 Å². The van der Waals surface area contributed by atoms with Gasteiger partial charge in [-0.05, 0) is 25.5 Å². The van der Waals surface area contributed by atoms with Gasteiger partial charge in [0.2, 0.25) is 0 Å². The molecule has 1 aromatic heterocycles. The molecule has 6 heteroatoms. The molecule has 1 aromatic rings. The number of hydrogen-bond donors (Lipinski definition) is 1. The summed E-state index contributed by atoms with van der Waals surface area (Å²) in [6.07, 6.45) is 0. The van der Waals surface area contributed by atoms with Crippen LogP contribution in [0.5, 0.6) is 0 Å². The number of aliphatic hydroxyl groups is 1. The Morgan fingerprint density at radius 2 is 2.17 bits per heavy atom. The fraction of sp³-hybridized carbons (Fsp3) is 0.500. The van der Waals surface area contributed by atoms with Crippen LogP contribution >= 0.6 is 11.3 Å². The van der Waals surface area contributed by atoms with Gasteiger partial charge in [0.15, 0.2) is 0 Å². The van der Waals surface area contributed by atoms with E-state index in [1.807, 2.05) is 0 Å². The lowest BCUT2D eigenvalue weighted by Gasteiger charge is -2.19. The highest BCUT2D eigenvalue weighted by atomic mass is 32.2. The van der Waals surface area contributed by atoms with Crippen LogP contribution in [0.2, 0.25) is 0 Å². The van der Waals surface area contributed by atoms with Crippen LogP contribution in [0.25, 0.3) is 0 Å². The first-order chi connectivity index (χ1) is 8.32. The molecular formula is C12H19NO3S2. The lowest BCUT2D eigenvalue weighted by molar-refractivity contribution is 0.285. The molecule has 0 saturated heterocycles. The third kappa shape index (κ3) is 3.20. The molecule has 0 aliphatic rings. The Morgan fingerprint density at radius 3 is 2.56 bits per heavy atom. The average molecular weight is 289 g/mol. The minimum atomic E-state index is -3.48. The maximum Gasteiger partial charge on any atom is 0.252 e. The van der Waals surface area contributed by atoms with Gasteiger partial charge in [0, 0.05) is 18.0 Å². The largest absolute Gasteiger partial charge is 0.391 e. The van der Waals surface area contributed by atoms with E-state index < -0.39 is 10.0 Å². The molecule has 0 spiro atoms. The SMILES string of the molecule is C=C(C)CN(CC)S(=O)(=O)c1cc(C)c(CO)s1. The summed E-state index contributed by atoms with van der Waals surface area (Å²) in [6, 6.07) is 1.62. The minimum absolute atomic E-state index is 0.126. The van der Waals surface area contributed by atoms with Crippen molar-refractivity contribution in [3.8, 4) is 0 Å². The third-order valence-corrected chi connectivity index (χ3v) is 6.13. The number of hydrogen-bond acceptors (Lipinski definition) is 4. The van der Waals surface area contributed by atoms with Gasteiger partial charge in [-0.15, -0.1) is 11.3 Å². The van der Waals surface area contributed by atoms with Crippen molar-refractivity contribution in [2.45, 2.75) is 31.6 Å². The Kier molecular flexibility index (Phi) is 5.10. The third-order valence-electron chi connectivity index (χ3n) is 2.53. The van der Waals surface area contributed by atoms with Crippen molar-refractivity contribution in [1.29, 1.82) is 0 Å². The Labute approximate surface area is 113 Å². The molecule has 1 rings (SSSR count). The molecule has 0 aliphatic heterocycles. The molecule has 0 radical (unpaired) electrons. The first-order valence-corrected chi connectivity index (χ1v) is 7.93. The van der Waals surface area contributed by atoms with Gasteiger partial charge in [-0.1, -0.05) is 19.1 Å². The predicted octanol–water partition coefficient (Wildman–Crippen LogP) is 2.14. The molecule has 102 valence electrons. The molecule has 0 saturated carbocycles. The highest BCUT2D eigenvalue weighted by Gasteiger charge is 2.25. The Morgan fingerprint density at radius 1 is 1.56 bits per heavy atom. The number of aliphatic hydroxyl groups excluding tert-OH is 1. The Hall–Kier alpha value is -0.690. The smallest absolute Gasteiger partial charge is 0.252 e. The normalized spacial score (nSPS) is 12.1. The van der Waals surface area contributed by atoms with Crippen LogP contribution in [0.15, 0.2) is 22.4 Å². The van der Waals surface area contributed by atoms with Crippen molar-refractivity contribution in [3.05, 3.63) is 28.7 Å². The number of likely N-dealkylation sites (N-methyl/N-ethyl adjacent to an activating group) is 1. The zero-order chi connectivity index (χ0) is 13.9. The highest BCUT2D eigenvalue weighted by molar-refractivity contribution is 7.91. The van der Waals surface area contributed by atoms with Gasteiger partial charge < -0.3 is 5.11 Å². The van der Waals surface area contributed by atoms with Crippen molar-refractivity contribution in [2.24, 2.45) is 0 Å². The number of thiophene rings is 1. The highest BCUT2D eigenvalue weighted by Crippen LogP contribution is 2.28. The van der Waals surface area contributed by atoms with Crippen LogP contribution in [-0.2, 0) is 16.6 Å². The zero-order valence-corrected chi connectivity index (χ0v) is 12.6. The first-order valence-electron chi connectivity index (χ1n) is 5.67. The quantitative estimate of drug-likeness (QED) is 0.816. The predicted molar refractivity (Wildman–Crippen MR) is 74.2 cm³/mol.